The van der Waals surface area contributed by atoms with Gasteiger partial charge >= 0.3 is 0 Å². The van der Waals surface area contributed by atoms with Gasteiger partial charge in [-0.2, -0.15) is 0 Å². The van der Waals surface area contributed by atoms with Gasteiger partial charge < -0.3 is 9.64 Å². The Balaban J connectivity index is 2.23. The molecule has 1 aliphatic rings. The van der Waals surface area contributed by atoms with Gasteiger partial charge in [0.05, 0.1) is 6.10 Å². The largest absolute Gasteiger partial charge is 0.368 e. The average Bonchev–Trinajstić information content (AvgIpc) is 2.35. The summed E-state index contributed by atoms with van der Waals surface area (Å²) >= 11 is 0. The van der Waals surface area contributed by atoms with Crippen LogP contribution in [0.1, 0.15) is 52.4 Å². The summed E-state index contributed by atoms with van der Waals surface area (Å²) < 4.78 is 5.67. The summed E-state index contributed by atoms with van der Waals surface area (Å²) in [5.74, 6) is 0.111. The number of nitrogens with zero attached hydrogens (tertiary/aromatic N) is 1. The quantitative estimate of drug-likeness (QED) is 0.722. The van der Waals surface area contributed by atoms with E-state index in [2.05, 4.69) is 13.8 Å². The van der Waals surface area contributed by atoms with Crippen molar-refractivity contribution in [3.05, 3.63) is 0 Å². The summed E-state index contributed by atoms with van der Waals surface area (Å²) in [6.07, 6.45) is 7.38. The van der Waals surface area contributed by atoms with Crippen molar-refractivity contribution >= 4 is 5.91 Å². The highest BCUT2D eigenvalue weighted by Crippen LogP contribution is 2.20. The van der Waals surface area contributed by atoms with Crippen molar-refractivity contribution in [3.63, 3.8) is 0 Å². The summed E-state index contributed by atoms with van der Waals surface area (Å²) in [5.41, 5.74) is 0. The first-order chi connectivity index (χ1) is 7.65. The van der Waals surface area contributed by atoms with E-state index in [-0.39, 0.29) is 12.5 Å². The molecule has 1 saturated carbocycles. The molecule has 0 aromatic carbocycles. The Morgan fingerprint density at radius 1 is 1.38 bits per heavy atom. The molecule has 0 aromatic rings. The molecule has 1 atom stereocenters. The SMILES string of the molecule is CCC(C)N(C)C(=O)COC1CCCCC1. The zero-order valence-electron chi connectivity index (χ0n) is 10.9. The second kappa shape index (κ2) is 6.89. The van der Waals surface area contributed by atoms with Crippen LogP contribution in [0.4, 0.5) is 0 Å². The molecule has 1 aliphatic carbocycles. The van der Waals surface area contributed by atoms with Crippen LogP contribution in [0.5, 0.6) is 0 Å². The van der Waals surface area contributed by atoms with Crippen LogP contribution in [-0.4, -0.2) is 36.6 Å². The average molecular weight is 227 g/mol. The Hall–Kier alpha value is -0.570. The number of carbonyl (C=O) groups is 1. The minimum Gasteiger partial charge on any atom is -0.368 e. The Morgan fingerprint density at radius 3 is 2.56 bits per heavy atom. The highest BCUT2D eigenvalue weighted by Gasteiger charge is 2.18. The van der Waals surface area contributed by atoms with Crippen molar-refractivity contribution in [1.82, 2.24) is 4.90 Å². The molecule has 0 N–H and O–H groups in total. The molecule has 1 amide bonds. The zero-order chi connectivity index (χ0) is 12.0. The minimum absolute atomic E-state index is 0.111. The molecule has 3 nitrogen and oxygen atoms in total. The summed E-state index contributed by atoms with van der Waals surface area (Å²) in [5, 5.41) is 0. The summed E-state index contributed by atoms with van der Waals surface area (Å²) in [7, 11) is 1.86. The maximum Gasteiger partial charge on any atom is 0.248 e. The van der Waals surface area contributed by atoms with Crippen molar-refractivity contribution in [3.8, 4) is 0 Å². The minimum atomic E-state index is 0.111. The van der Waals surface area contributed by atoms with Gasteiger partial charge in [0.2, 0.25) is 5.91 Å². The maximum absolute atomic E-state index is 11.8. The van der Waals surface area contributed by atoms with Crippen LogP contribution in [0, 0.1) is 0 Å². The van der Waals surface area contributed by atoms with Crippen LogP contribution in [0.15, 0.2) is 0 Å². The van der Waals surface area contributed by atoms with Crippen molar-refractivity contribution in [2.45, 2.75) is 64.5 Å². The van der Waals surface area contributed by atoms with Gasteiger partial charge in [0, 0.05) is 13.1 Å². The fourth-order valence-electron chi connectivity index (χ4n) is 2.04. The van der Waals surface area contributed by atoms with E-state index < -0.39 is 0 Å². The monoisotopic (exact) mass is 227 g/mol. The Labute approximate surface area is 99.1 Å². The second-order valence-corrected chi connectivity index (χ2v) is 4.83. The molecule has 1 fully saturated rings. The molecule has 1 unspecified atom stereocenters. The van der Waals surface area contributed by atoms with E-state index in [1.54, 1.807) is 4.90 Å². The molecule has 1 rings (SSSR count). The topological polar surface area (TPSA) is 29.5 Å². The number of hydrogen-bond donors (Lipinski definition) is 0. The molecule has 0 bridgehead atoms. The van der Waals surface area contributed by atoms with Gasteiger partial charge in [0.1, 0.15) is 6.61 Å². The lowest BCUT2D eigenvalue weighted by atomic mass is 9.98. The van der Waals surface area contributed by atoms with Gasteiger partial charge in [-0.3, -0.25) is 4.79 Å². The number of ether oxygens (including phenoxy) is 1. The molecular formula is C13H25NO2. The van der Waals surface area contributed by atoms with Gasteiger partial charge in [-0.1, -0.05) is 26.2 Å². The Kier molecular flexibility index (Phi) is 5.81. The standard InChI is InChI=1S/C13H25NO2/c1-4-11(2)14(3)13(15)10-16-12-8-6-5-7-9-12/h11-12H,4-10H2,1-3H3. The molecular weight excluding hydrogens is 202 g/mol. The molecule has 0 saturated heterocycles. The lowest BCUT2D eigenvalue weighted by Crippen LogP contribution is -2.38. The van der Waals surface area contributed by atoms with Crippen LogP contribution < -0.4 is 0 Å². The maximum atomic E-state index is 11.8. The van der Waals surface area contributed by atoms with E-state index in [1.807, 2.05) is 7.05 Å². The fraction of sp³-hybridized carbons (Fsp3) is 0.923. The molecule has 94 valence electrons. The van der Waals surface area contributed by atoms with E-state index in [0.717, 1.165) is 19.3 Å². The molecule has 3 heteroatoms. The van der Waals surface area contributed by atoms with Crippen molar-refractivity contribution < 1.29 is 9.53 Å². The number of rotatable bonds is 5. The van der Waals surface area contributed by atoms with E-state index in [9.17, 15) is 4.79 Å². The van der Waals surface area contributed by atoms with Gasteiger partial charge in [-0.05, 0) is 26.2 Å². The predicted molar refractivity (Wildman–Crippen MR) is 65.3 cm³/mol. The lowest BCUT2D eigenvalue weighted by molar-refractivity contribution is -0.139. The number of hydrogen-bond acceptors (Lipinski definition) is 2. The van der Waals surface area contributed by atoms with Crippen LogP contribution in [0.2, 0.25) is 0 Å². The second-order valence-electron chi connectivity index (χ2n) is 4.83. The third-order valence-electron chi connectivity index (χ3n) is 3.64. The van der Waals surface area contributed by atoms with E-state index in [1.165, 1.54) is 19.3 Å². The van der Waals surface area contributed by atoms with Crippen LogP contribution in [0.25, 0.3) is 0 Å². The molecule has 0 aromatic heterocycles. The summed E-state index contributed by atoms with van der Waals surface area (Å²) in [6.45, 7) is 4.42. The van der Waals surface area contributed by atoms with E-state index in [0.29, 0.717) is 12.1 Å². The normalized spacial score (nSPS) is 19.4. The molecule has 0 radical (unpaired) electrons. The smallest absolute Gasteiger partial charge is 0.248 e. The van der Waals surface area contributed by atoms with E-state index in [4.69, 9.17) is 4.74 Å². The van der Waals surface area contributed by atoms with Gasteiger partial charge in [0.25, 0.3) is 0 Å². The summed E-state index contributed by atoms with van der Waals surface area (Å²) in [4.78, 5) is 13.6. The first-order valence-corrected chi connectivity index (χ1v) is 6.52. The van der Waals surface area contributed by atoms with Gasteiger partial charge in [-0.25, -0.2) is 0 Å². The molecule has 0 heterocycles. The van der Waals surface area contributed by atoms with Crippen LogP contribution in [0.3, 0.4) is 0 Å². The number of carbonyl (C=O) groups excluding carboxylic acids is 1. The third-order valence-corrected chi connectivity index (χ3v) is 3.64. The van der Waals surface area contributed by atoms with Crippen molar-refractivity contribution in [1.29, 1.82) is 0 Å². The van der Waals surface area contributed by atoms with Crippen LogP contribution in [-0.2, 0) is 9.53 Å². The first-order valence-electron chi connectivity index (χ1n) is 6.52. The fourth-order valence-corrected chi connectivity index (χ4v) is 2.04. The van der Waals surface area contributed by atoms with E-state index >= 15 is 0 Å². The molecule has 16 heavy (non-hydrogen) atoms. The highest BCUT2D eigenvalue weighted by molar-refractivity contribution is 5.77. The lowest BCUT2D eigenvalue weighted by Gasteiger charge is -2.26. The summed E-state index contributed by atoms with van der Waals surface area (Å²) in [6, 6.07) is 0.308. The zero-order valence-corrected chi connectivity index (χ0v) is 10.9. The first kappa shape index (κ1) is 13.5. The van der Waals surface area contributed by atoms with Gasteiger partial charge in [-0.15, -0.1) is 0 Å². The predicted octanol–water partition coefficient (Wildman–Crippen LogP) is 2.59. The number of amides is 1. The van der Waals surface area contributed by atoms with Crippen molar-refractivity contribution in [2.75, 3.05) is 13.7 Å². The highest BCUT2D eigenvalue weighted by atomic mass is 16.5. The number of likely N-dealkylation sites (N-methyl/N-ethyl adjacent to an activating group) is 1. The third kappa shape index (κ3) is 4.12. The Morgan fingerprint density at radius 2 is 2.00 bits per heavy atom. The van der Waals surface area contributed by atoms with Crippen LogP contribution >= 0.6 is 0 Å². The molecule has 0 spiro atoms. The van der Waals surface area contributed by atoms with Gasteiger partial charge in [0.15, 0.2) is 0 Å². The van der Waals surface area contributed by atoms with Crippen molar-refractivity contribution in [2.24, 2.45) is 0 Å². The Bertz CT molecular complexity index is 212. The molecule has 0 aliphatic heterocycles.